The highest BCUT2D eigenvalue weighted by Gasteiger charge is 2.41. The van der Waals surface area contributed by atoms with Crippen LogP contribution in [0.3, 0.4) is 0 Å². The van der Waals surface area contributed by atoms with Crippen molar-refractivity contribution in [2.45, 2.75) is 25.4 Å². The fourth-order valence-corrected chi connectivity index (χ4v) is 8.07. The number of nitrogens with zero attached hydrogens (tertiary/aromatic N) is 4. The van der Waals surface area contributed by atoms with Gasteiger partial charge in [-0.05, 0) is 58.7 Å². The SMILES string of the molecule is CC1(C)c2ccccc2-c2c1c1oc3ccccc3c1c1c2c2ccccc2n1C1=NC(c2ccccc2)NC(c2ccc(C#N)cc2)=N1. The third-order valence-electron chi connectivity index (χ3n) is 10.3. The van der Waals surface area contributed by atoms with E-state index in [0.29, 0.717) is 17.4 Å². The Labute approximate surface area is 282 Å². The van der Waals surface area contributed by atoms with Crippen LogP contribution in [0.4, 0.5) is 0 Å². The van der Waals surface area contributed by atoms with E-state index in [1.165, 1.54) is 27.6 Å². The highest BCUT2D eigenvalue weighted by molar-refractivity contribution is 6.32. The van der Waals surface area contributed by atoms with Crippen LogP contribution >= 0.6 is 0 Å². The fourth-order valence-electron chi connectivity index (χ4n) is 8.07. The molecule has 0 amide bonds. The Hall–Kier alpha value is -6.45. The van der Waals surface area contributed by atoms with E-state index in [0.717, 1.165) is 49.5 Å². The molecule has 1 atom stereocenters. The number of hydrogen-bond donors (Lipinski definition) is 1. The van der Waals surface area contributed by atoms with Crippen LogP contribution in [0.5, 0.6) is 0 Å². The molecule has 0 saturated heterocycles. The average Bonchev–Trinajstić information content (AvgIpc) is 3.77. The van der Waals surface area contributed by atoms with Gasteiger partial charge in [-0.15, -0.1) is 0 Å². The second kappa shape index (κ2) is 10.0. The smallest absolute Gasteiger partial charge is 0.234 e. The lowest BCUT2D eigenvalue weighted by molar-refractivity contribution is 0.620. The van der Waals surface area contributed by atoms with E-state index >= 15 is 0 Å². The molecule has 2 aromatic heterocycles. The molecule has 10 rings (SSSR count). The zero-order valence-corrected chi connectivity index (χ0v) is 26.9. The number of benzene rings is 6. The van der Waals surface area contributed by atoms with Gasteiger partial charge in [0.2, 0.25) is 5.96 Å². The molecule has 8 aromatic rings. The summed E-state index contributed by atoms with van der Waals surface area (Å²) in [6.45, 7) is 4.62. The Bertz CT molecular complexity index is 2770. The molecule has 2 aliphatic rings. The van der Waals surface area contributed by atoms with Crippen molar-refractivity contribution < 1.29 is 4.42 Å². The highest BCUT2D eigenvalue weighted by atomic mass is 16.3. The van der Waals surface area contributed by atoms with Crippen molar-refractivity contribution in [3.63, 3.8) is 0 Å². The van der Waals surface area contributed by atoms with Gasteiger partial charge in [0.15, 0.2) is 0 Å². The van der Waals surface area contributed by atoms with E-state index in [9.17, 15) is 5.26 Å². The Kier molecular flexibility index (Phi) is 5.66. The monoisotopic (exact) mass is 631 g/mol. The molecule has 0 saturated carbocycles. The van der Waals surface area contributed by atoms with Crippen LogP contribution in [0.15, 0.2) is 142 Å². The van der Waals surface area contributed by atoms with Gasteiger partial charge in [0, 0.05) is 32.7 Å². The van der Waals surface area contributed by atoms with Crippen molar-refractivity contribution in [2.24, 2.45) is 9.98 Å². The zero-order chi connectivity index (χ0) is 32.9. The summed E-state index contributed by atoms with van der Waals surface area (Å²) in [4.78, 5) is 10.6. The molecule has 0 spiro atoms. The van der Waals surface area contributed by atoms with Gasteiger partial charge in [0.1, 0.15) is 23.2 Å². The predicted molar refractivity (Wildman–Crippen MR) is 197 cm³/mol. The molecule has 1 aliphatic heterocycles. The van der Waals surface area contributed by atoms with E-state index in [4.69, 9.17) is 14.4 Å². The third kappa shape index (κ3) is 3.81. The number of rotatable bonds is 2. The number of nitriles is 1. The lowest BCUT2D eigenvalue weighted by Gasteiger charge is -2.24. The first-order valence-corrected chi connectivity index (χ1v) is 16.5. The summed E-state index contributed by atoms with van der Waals surface area (Å²) in [5.74, 6) is 1.27. The number of amidine groups is 1. The summed E-state index contributed by atoms with van der Waals surface area (Å²) >= 11 is 0. The molecule has 6 heteroatoms. The van der Waals surface area contributed by atoms with Crippen molar-refractivity contribution >= 4 is 55.5 Å². The minimum Gasteiger partial charge on any atom is -0.456 e. The molecular formula is C43H29N5O. The van der Waals surface area contributed by atoms with Crippen molar-refractivity contribution in [1.29, 1.82) is 5.26 Å². The third-order valence-corrected chi connectivity index (χ3v) is 10.3. The Balaban J connectivity index is 1.38. The molecular weight excluding hydrogens is 603 g/mol. The zero-order valence-electron chi connectivity index (χ0n) is 26.9. The number of nitrogens with one attached hydrogen (secondary N) is 1. The van der Waals surface area contributed by atoms with Crippen LogP contribution in [0, 0.1) is 11.3 Å². The Morgan fingerprint density at radius 3 is 2.31 bits per heavy atom. The maximum Gasteiger partial charge on any atom is 0.234 e. The largest absolute Gasteiger partial charge is 0.456 e. The molecule has 6 nitrogen and oxygen atoms in total. The van der Waals surface area contributed by atoms with E-state index in [1.54, 1.807) is 0 Å². The molecule has 3 heterocycles. The molecule has 232 valence electrons. The first-order chi connectivity index (χ1) is 24.0. The quantitative estimate of drug-likeness (QED) is 0.206. The molecule has 0 fully saturated rings. The van der Waals surface area contributed by atoms with E-state index in [-0.39, 0.29) is 11.6 Å². The van der Waals surface area contributed by atoms with E-state index < -0.39 is 0 Å². The summed E-state index contributed by atoms with van der Waals surface area (Å²) in [7, 11) is 0. The van der Waals surface area contributed by atoms with Crippen LogP contribution < -0.4 is 5.32 Å². The first-order valence-electron chi connectivity index (χ1n) is 16.5. The summed E-state index contributed by atoms with van der Waals surface area (Å²) in [6.07, 6.45) is -0.388. The summed E-state index contributed by atoms with van der Waals surface area (Å²) in [5.41, 5.74) is 11.0. The number of aliphatic imine (C=N–C) groups is 2. The van der Waals surface area contributed by atoms with Crippen LogP contribution in [0.25, 0.3) is 54.9 Å². The molecule has 6 aromatic carbocycles. The van der Waals surface area contributed by atoms with Gasteiger partial charge in [0.25, 0.3) is 0 Å². The second-order valence-electron chi connectivity index (χ2n) is 13.3. The van der Waals surface area contributed by atoms with Crippen molar-refractivity contribution in [2.75, 3.05) is 0 Å². The second-order valence-corrected chi connectivity index (χ2v) is 13.3. The van der Waals surface area contributed by atoms with Crippen LogP contribution in [0.1, 0.15) is 47.8 Å². The van der Waals surface area contributed by atoms with E-state index in [2.05, 4.69) is 109 Å². The highest BCUT2D eigenvalue weighted by Crippen LogP contribution is 2.57. The maximum atomic E-state index is 9.48. The molecule has 1 unspecified atom stereocenters. The minimum atomic E-state index is -0.388. The molecule has 1 aliphatic carbocycles. The fraction of sp³-hybridized carbons (Fsp3) is 0.0930. The molecule has 0 radical (unpaired) electrons. The van der Waals surface area contributed by atoms with Crippen molar-refractivity contribution in [3.8, 4) is 17.2 Å². The number of furan rings is 1. The van der Waals surface area contributed by atoms with Gasteiger partial charge >= 0.3 is 0 Å². The summed E-state index contributed by atoms with van der Waals surface area (Å²) < 4.78 is 9.12. The lowest BCUT2D eigenvalue weighted by Crippen LogP contribution is -2.35. The van der Waals surface area contributed by atoms with Crippen molar-refractivity contribution in [1.82, 2.24) is 9.88 Å². The van der Waals surface area contributed by atoms with Crippen molar-refractivity contribution in [3.05, 3.63) is 155 Å². The van der Waals surface area contributed by atoms with Crippen LogP contribution in [0.2, 0.25) is 0 Å². The standard InChI is InChI=1S/C43H29N5O/c1-43(2)31-17-9-6-14-28(31)34-35-29-15-7-10-18-32(29)48(38(35)36-30-16-8-11-19-33(30)49-39(36)37(34)43)42-46-40(26-12-4-3-5-13-26)45-41(47-42)27-22-20-25(24-44)21-23-27/h3-23,40H,1-2H3,(H,45,46,47). The number of fused-ring (bicyclic) bond motifs is 12. The predicted octanol–water partition coefficient (Wildman–Crippen LogP) is 9.82. The molecule has 1 N–H and O–H groups in total. The Morgan fingerprint density at radius 2 is 1.49 bits per heavy atom. The summed E-state index contributed by atoms with van der Waals surface area (Å²) in [5, 5.41) is 17.5. The van der Waals surface area contributed by atoms with Gasteiger partial charge in [-0.2, -0.15) is 10.3 Å². The van der Waals surface area contributed by atoms with Gasteiger partial charge in [0.05, 0.1) is 28.1 Å². The molecule has 49 heavy (non-hydrogen) atoms. The van der Waals surface area contributed by atoms with Gasteiger partial charge in [-0.3, -0.25) is 4.57 Å². The number of para-hydroxylation sites is 2. The van der Waals surface area contributed by atoms with Gasteiger partial charge < -0.3 is 9.73 Å². The Morgan fingerprint density at radius 1 is 0.776 bits per heavy atom. The van der Waals surface area contributed by atoms with Crippen LogP contribution in [-0.4, -0.2) is 16.4 Å². The normalized spacial score (nSPS) is 16.3. The number of hydrogen-bond acceptors (Lipinski definition) is 5. The van der Waals surface area contributed by atoms with Gasteiger partial charge in [-0.1, -0.05) is 105 Å². The minimum absolute atomic E-state index is 0.277. The molecule has 0 bridgehead atoms. The summed E-state index contributed by atoms with van der Waals surface area (Å²) in [6, 6.07) is 45.7. The first kappa shape index (κ1) is 27.6. The lowest BCUT2D eigenvalue weighted by atomic mass is 9.81. The topological polar surface area (TPSA) is 78.6 Å². The van der Waals surface area contributed by atoms with Gasteiger partial charge in [-0.25, -0.2) is 4.99 Å². The number of aromatic nitrogens is 1. The average molecular weight is 632 g/mol. The van der Waals surface area contributed by atoms with E-state index in [1.807, 2.05) is 48.5 Å². The van der Waals surface area contributed by atoms with Crippen LogP contribution in [-0.2, 0) is 5.41 Å². The maximum absolute atomic E-state index is 9.48.